The van der Waals surface area contributed by atoms with Crippen molar-refractivity contribution >= 4 is 17.6 Å². The van der Waals surface area contributed by atoms with Gasteiger partial charge < -0.3 is 15.1 Å². The molecule has 1 saturated heterocycles. The second-order valence-electron chi connectivity index (χ2n) is 7.02. The molecule has 0 aromatic carbocycles. The van der Waals surface area contributed by atoms with Crippen LogP contribution in [0, 0.1) is 5.92 Å². The molecule has 28 heavy (non-hydrogen) atoms. The number of azo groups is 1. The van der Waals surface area contributed by atoms with E-state index in [4.69, 9.17) is 0 Å². The highest BCUT2D eigenvalue weighted by Gasteiger charge is 2.30. The van der Waals surface area contributed by atoms with Gasteiger partial charge in [0, 0.05) is 50.1 Å². The van der Waals surface area contributed by atoms with Gasteiger partial charge in [0.25, 0.3) is 11.8 Å². The van der Waals surface area contributed by atoms with Gasteiger partial charge in [-0.3, -0.25) is 9.59 Å². The largest absolute Gasteiger partial charge is 0.354 e. The Labute approximate surface area is 163 Å². The van der Waals surface area contributed by atoms with Gasteiger partial charge in [-0.05, 0) is 13.1 Å². The maximum Gasteiger partial charge on any atom is 0.276 e. The summed E-state index contributed by atoms with van der Waals surface area (Å²) in [6.45, 7) is 4.10. The zero-order valence-corrected chi connectivity index (χ0v) is 15.7. The van der Waals surface area contributed by atoms with Crippen LogP contribution >= 0.6 is 0 Å². The Morgan fingerprint density at radius 2 is 2.04 bits per heavy atom. The number of rotatable bonds is 4. The number of aromatic nitrogens is 1. The fourth-order valence-corrected chi connectivity index (χ4v) is 3.51. The highest BCUT2D eigenvalue weighted by molar-refractivity contribution is 5.98. The van der Waals surface area contributed by atoms with E-state index in [0.717, 1.165) is 37.6 Å². The van der Waals surface area contributed by atoms with E-state index >= 15 is 0 Å². The number of amides is 2. The number of likely N-dealkylation sites (N-methyl/N-ethyl adjacent to an activating group) is 1. The van der Waals surface area contributed by atoms with Crippen LogP contribution in [-0.4, -0.2) is 54.9 Å². The van der Waals surface area contributed by atoms with Crippen LogP contribution in [0.2, 0.25) is 0 Å². The molecule has 2 amide bonds. The lowest BCUT2D eigenvalue weighted by Gasteiger charge is -2.34. The smallest absolute Gasteiger partial charge is 0.276 e. The van der Waals surface area contributed by atoms with Crippen LogP contribution < -0.4 is 10.2 Å². The number of nitrogens with one attached hydrogen (secondary N) is 1. The number of hydrogen-bond donors (Lipinski definition) is 1. The fourth-order valence-electron chi connectivity index (χ4n) is 3.51. The van der Waals surface area contributed by atoms with Gasteiger partial charge in [-0.15, -0.1) is 10.2 Å². The number of hydrogen-bond acceptors (Lipinski definition) is 6. The number of carbonyl (C=O) groups is 2. The Morgan fingerprint density at radius 1 is 1.21 bits per heavy atom. The summed E-state index contributed by atoms with van der Waals surface area (Å²) in [6.07, 6.45) is 8.82. The maximum absolute atomic E-state index is 12.7. The van der Waals surface area contributed by atoms with E-state index in [2.05, 4.69) is 37.4 Å². The Morgan fingerprint density at radius 3 is 2.86 bits per heavy atom. The molecule has 144 valence electrons. The quantitative estimate of drug-likeness (QED) is 0.856. The van der Waals surface area contributed by atoms with E-state index in [1.807, 2.05) is 12.1 Å². The monoisotopic (exact) mass is 378 g/mol. The average molecular weight is 378 g/mol. The number of anilines is 1. The van der Waals surface area contributed by atoms with Crippen molar-refractivity contribution in [1.82, 2.24) is 15.2 Å². The van der Waals surface area contributed by atoms with Gasteiger partial charge in [-0.1, -0.05) is 30.4 Å². The minimum atomic E-state index is -0.525. The van der Waals surface area contributed by atoms with Gasteiger partial charge in [0.15, 0.2) is 5.70 Å². The van der Waals surface area contributed by atoms with Crippen LogP contribution in [-0.2, 0) is 16.1 Å². The highest BCUT2D eigenvalue weighted by Crippen LogP contribution is 2.28. The van der Waals surface area contributed by atoms with Crippen molar-refractivity contribution in [3.63, 3.8) is 0 Å². The molecule has 3 aliphatic rings. The molecule has 1 N–H and O–H groups in total. The molecule has 1 atom stereocenters. The van der Waals surface area contributed by atoms with Gasteiger partial charge in [0.2, 0.25) is 0 Å². The van der Waals surface area contributed by atoms with Crippen molar-refractivity contribution in [2.45, 2.75) is 6.54 Å². The van der Waals surface area contributed by atoms with Crippen molar-refractivity contribution in [3.8, 4) is 0 Å². The zero-order chi connectivity index (χ0) is 19.5. The molecule has 1 aromatic rings. The maximum atomic E-state index is 12.7. The molecule has 8 nitrogen and oxygen atoms in total. The van der Waals surface area contributed by atoms with E-state index in [1.165, 1.54) is 0 Å². The van der Waals surface area contributed by atoms with Crippen LogP contribution in [0.3, 0.4) is 0 Å². The van der Waals surface area contributed by atoms with Crippen LogP contribution in [0.5, 0.6) is 0 Å². The number of allylic oxidation sites excluding steroid dienone is 3. The normalized spacial score (nSPS) is 21.8. The molecule has 1 aliphatic carbocycles. The van der Waals surface area contributed by atoms with E-state index in [1.54, 1.807) is 30.5 Å². The second-order valence-corrected chi connectivity index (χ2v) is 7.02. The minimum Gasteiger partial charge on any atom is -0.354 e. The van der Waals surface area contributed by atoms with Gasteiger partial charge in [-0.2, -0.15) is 0 Å². The van der Waals surface area contributed by atoms with E-state index < -0.39 is 5.92 Å². The molecule has 0 saturated carbocycles. The number of pyridine rings is 1. The third-order valence-electron chi connectivity index (χ3n) is 5.14. The van der Waals surface area contributed by atoms with Crippen molar-refractivity contribution in [2.75, 3.05) is 38.1 Å². The van der Waals surface area contributed by atoms with E-state index in [0.29, 0.717) is 12.1 Å². The first kappa shape index (κ1) is 18.2. The Balaban J connectivity index is 1.49. The standard InChI is InChI=1S/C20H22N6O2/c1-25-9-11-26(12-10-25)18-14(5-4-8-21-18)13-22-20(28)17-15-6-2-3-7-16(15)19(27)24-23-17/h2-8,16H,9-13H2,1H3,(H,22,28). The molecule has 1 fully saturated rings. The van der Waals surface area contributed by atoms with Crippen molar-refractivity contribution < 1.29 is 9.59 Å². The van der Waals surface area contributed by atoms with E-state index in [9.17, 15) is 9.59 Å². The van der Waals surface area contributed by atoms with Crippen LogP contribution in [0.1, 0.15) is 5.56 Å². The summed E-state index contributed by atoms with van der Waals surface area (Å²) in [5, 5.41) is 10.4. The number of nitrogens with zero attached hydrogens (tertiary/aromatic N) is 5. The van der Waals surface area contributed by atoms with Gasteiger partial charge in [0.1, 0.15) is 5.82 Å². The first-order valence-corrected chi connectivity index (χ1v) is 9.33. The topological polar surface area (TPSA) is 90.3 Å². The summed E-state index contributed by atoms with van der Waals surface area (Å²) >= 11 is 0. The lowest BCUT2D eigenvalue weighted by molar-refractivity contribution is -0.120. The van der Waals surface area contributed by atoms with Crippen molar-refractivity contribution in [3.05, 3.63) is 59.5 Å². The molecule has 0 bridgehead atoms. The summed E-state index contributed by atoms with van der Waals surface area (Å²) in [5.74, 6) is -0.323. The molecule has 1 unspecified atom stereocenters. The molecule has 1 aromatic heterocycles. The lowest BCUT2D eigenvalue weighted by Crippen LogP contribution is -2.45. The first-order valence-electron chi connectivity index (χ1n) is 9.33. The SMILES string of the molecule is CN1CCN(c2ncccc2CNC(=O)C2=C3C=CC=CC3C(=O)N=N2)CC1. The molecule has 3 heterocycles. The van der Waals surface area contributed by atoms with E-state index in [-0.39, 0.29) is 17.5 Å². The summed E-state index contributed by atoms with van der Waals surface area (Å²) in [6, 6.07) is 3.84. The minimum absolute atomic E-state index is 0.190. The molecule has 2 aliphatic heterocycles. The Bertz CT molecular complexity index is 909. The third-order valence-corrected chi connectivity index (χ3v) is 5.14. The fraction of sp³-hybridized carbons (Fsp3) is 0.350. The number of piperazine rings is 1. The lowest BCUT2D eigenvalue weighted by atomic mass is 9.91. The molecule has 0 spiro atoms. The average Bonchev–Trinajstić information content (AvgIpc) is 2.73. The van der Waals surface area contributed by atoms with Crippen molar-refractivity contribution in [2.24, 2.45) is 16.1 Å². The predicted molar refractivity (Wildman–Crippen MR) is 104 cm³/mol. The molecule has 4 rings (SSSR count). The first-order chi connectivity index (χ1) is 13.6. The Kier molecular flexibility index (Phi) is 5.12. The van der Waals surface area contributed by atoms with Crippen molar-refractivity contribution in [1.29, 1.82) is 0 Å². The highest BCUT2D eigenvalue weighted by atomic mass is 16.2. The predicted octanol–water partition coefficient (Wildman–Crippen LogP) is 1.44. The molecular weight excluding hydrogens is 356 g/mol. The molecule has 0 radical (unpaired) electrons. The summed E-state index contributed by atoms with van der Waals surface area (Å²) < 4.78 is 0. The number of fused-ring (bicyclic) bond motifs is 1. The van der Waals surface area contributed by atoms with Gasteiger partial charge >= 0.3 is 0 Å². The van der Waals surface area contributed by atoms with Gasteiger partial charge in [0.05, 0.1) is 5.92 Å². The third kappa shape index (κ3) is 3.63. The molecule has 8 heteroatoms. The Hall–Kier alpha value is -3.13. The van der Waals surface area contributed by atoms with Crippen LogP contribution in [0.25, 0.3) is 0 Å². The van der Waals surface area contributed by atoms with Crippen LogP contribution in [0.15, 0.2) is 64.1 Å². The molecular formula is C20H22N6O2. The summed E-state index contributed by atoms with van der Waals surface area (Å²) in [7, 11) is 2.11. The zero-order valence-electron chi connectivity index (χ0n) is 15.7. The number of carbonyl (C=O) groups excluding carboxylic acids is 2. The van der Waals surface area contributed by atoms with Gasteiger partial charge in [-0.25, -0.2) is 4.98 Å². The summed E-state index contributed by atoms with van der Waals surface area (Å²) in [5.41, 5.74) is 1.73. The second kappa shape index (κ2) is 7.85. The van der Waals surface area contributed by atoms with Crippen LogP contribution in [0.4, 0.5) is 5.82 Å². The summed E-state index contributed by atoms with van der Waals surface area (Å²) in [4.78, 5) is 33.7.